The summed E-state index contributed by atoms with van der Waals surface area (Å²) in [6.45, 7) is 3.51. The Kier molecular flexibility index (Phi) is 7.68. The number of hydrogen-bond acceptors (Lipinski definition) is 4. The minimum Gasteiger partial charge on any atom is -0.382 e. The highest BCUT2D eigenvalue weighted by Gasteiger charge is 2.39. The number of ether oxygens (including phenoxy) is 1. The molecule has 3 rings (SSSR count). The fourth-order valence-corrected chi connectivity index (χ4v) is 4.82. The number of aromatic nitrogens is 1. The van der Waals surface area contributed by atoms with Crippen LogP contribution in [0.4, 0.5) is 4.79 Å². The van der Waals surface area contributed by atoms with Crippen LogP contribution in [0.1, 0.15) is 63.1 Å². The van der Waals surface area contributed by atoms with Crippen LogP contribution in [0.15, 0.2) is 24.4 Å². The van der Waals surface area contributed by atoms with Gasteiger partial charge in [0.2, 0.25) is 0 Å². The molecule has 0 unspecified atom stereocenters. The van der Waals surface area contributed by atoms with Crippen molar-refractivity contribution in [3.05, 3.63) is 30.1 Å². The molecule has 1 aliphatic heterocycles. The van der Waals surface area contributed by atoms with Crippen molar-refractivity contribution in [2.75, 3.05) is 40.4 Å². The summed E-state index contributed by atoms with van der Waals surface area (Å²) in [7, 11) is 3.50. The van der Waals surface area contributed by atoms with E-state index in [0.717, 1.165) is 12.2 Å². The molecule has 2 heterocycles. The van der Waals surface area contributed by atoms with Gasteiger partial charge in [-0.15, -0.1) is 0 Å². The summed E-state index contributed by atoms with van der Waals surface area (Å²) in [5.41, 5.74) is 0.988. The van der Waals surface area contributed by atoms with E-state index in [1.165, 1.54) is 64.5 Å². The van der Waals surface area contributed by atoms with Crippen LogP contribution in [0.5, 0.6) is 0 Å². The summed E-state index contributed by atoms with van der Waals surface area (Å²) in [6.07, 6.45) is 11.9. The Bertz CT molecular complexity index is 598. The molecule has 0 radical (unpaired) electrons. The molecular weight excluding hydrogens is 352 g/mol. The van der Waals surface area contributed by atoms with Crippen LogP contribution in [-0.2, 0) is 4.74 Å². The Morgan fingerprint density at radius 1 is 1.21 bits per heavy atom. The predicted octanol–water partition coefficient (Wildman–Crippen LogP) is 3.60. The third kappa shape index (κ3) is 5.03. The van der Waals surface area contributed by atoms with Gasteiger partial charge in [-0.25, -0.2) is 4.79 Å². The third-order valence-electron chi connectivity index (χ3n) is 6.52. The summed E-state index contributed by atoms with van der Waals surface area (Å²) in [5.74, 6) is 0. The number of carbonyl (C=O) groups is 1. The van der Waals surface area contributed by atoms with Gasteiger partial charge in [0.1, 0.15) is 0 Å². The smallest absolute Gasteiger partial charge is 0.317 e. The fourth-order valence-electron chi connectivity index (χ4n) is 4.82. The first-order valence-corrected chi connectivity index (χ1v) is 10.8. The van der Waals surface area contributed by atoms with E-state index in [9.17, 15) is 4.79 Å². The zero-order valence-corrected chi connectivity index (χ0v) is 17.5. The summed E-state index contributed by atoms with van der Waals surface area (Å²) in [5, 5.41) is 3.26. The maximum Gasteiger partial charge on any atom is 0.317 e. The molecule has 156 valence electrons. The van der Waals surface area contributed by atoms with Crippen molar-refractivity contribution < 1.29 is 9.53 Å². The number of rotatable bonds is 7. The molecule has 2 fully saturated rings. The zero-order chi connectivity index (χ0) is 19.8. The molecule has 1 aromatic rings. The van der Waals surface area contributed by atoms with Crippen molar-refractivity contribution in [2.45, 2.75) is 62.9 Å². The predicted molar refractivity (Wildman–Crippen MR) is 111 cm³/mol. The standard InChI is InChI=1S/C22H36N4O2/c1-25(20(17-28-2)19-11-5-8-14-23-19)21(27)24-18-22(12-6-3-7-13-22)26-15-9-4-10-16-26/h5,8,11,14,20H,3-4,6-7,9-10,12-13,15-18H2,1-2H3,(H,24,27)/t20-/m0/s1. The lowest BCUT2D eigenvalue weighted by Crippen LogP contribution is -2.59. The van der Waals surface area contributed by atoms with Gasteiger partial charge < -0.3 is 15.0 Å². The molecule has 6 nitrogen and oxygen atoms in total. The van der Waals surface area contributed by atoms with Crippen LogP contribution in [0.2, 0.25) is 0 Å². The Morgan fingerprint density at radius 2 is 1.93 bits per heavy atom. The van der Waals surface area contributed by atoms with E-state index >= 15 is 0 Å². The van der Waals surface area contributed by atoms with Gasteiger partial charge in [0.05, 0.1) is 18.3 Å². The number of urea groups is 1. The number of nitrogens with one attached hydrogen (secondary N) is 1. The van der Waals surface area contributed by atoms with Gasteiger partial charge in [0, 0.05) is 32.4 Å². The van der Waals surface area contributed by atoms with Crippen molar-refractivity contribution in [2.24, 2.45) is 0 Å². The van der Waals surface area contributed by atoms with Gasteiger partial charge in [-0.3, -0.25) is 9.88 Å². The number of hydrogen-bond donors (Lipinski definition) is 1. The summed E-state index contributed by atoms with van der Waals surface area (Å²) >= 11 is 0. The molecule has 1 aliphatic carbocycles. The minimum atomic E-state index is -0.191. The fraction of sp³-hybridized carbons (Fsp3) is 0.727. The molecule has 1 atom stereocenters. The molecule has 1 saturated carbocycles. The molecule has 1 saturated heterocycles. The SMILES string of the molecule is COC[C@@H](c1ccccn1)N(C)C(=O)NCC1(N2CCCCC2)CCCCC1. The number of methoxy groups -OCH3 is 1. The molecule has 1 aromatic heterocycles. The second kappa shape index (κ2) is 10.2. The number of nitrogens with zero attached hydrogens (tertiary/aromatic N) is 3. The molecule has 0 aromatic carbocycles. The van der Waals surface area contributed by atoms with Crippen molar-refractivity contribution >= 4 is 6.03 Å². The highest BCUT2D eigenvalue weighted by molar-refractivity contribution is 5.74. The van der Waals surface area contributed by atoms with E-state index in [1.54, 1.807) is 18.2 Å². The number of amides is 2. The van der Waals surface area contributed by atoms with Gasteiger partial charge >= 0.3 is 6.03 Å². The molecule has 6 heteroatoms. The Labute approximate surface area is 169 Å². The second-order valence-electron chi connectivity index (χ2n) is 8.33. The van der Waals surface area contributed by atoms with Crippen molar-refractivity contribution in [3.63, 3.8) is 0 Å². The summed E-state index contributed by atoms with van der Waals surface area (Å²) < 4.78 is 5.37. The Morgan fingerprint density at radius 3 is 2.57 bits per heavy atom. The van der Waals surface area contributed by atoms with Gasteiger partial charge in [-0.2, -0.15) is 0 Å². The first kappa shape index (κ1) is 21.1. The molecule has 1 N–H and O–H groups in total. The van der Waals surface area contributed by atoms with Gasteiger partial charge in [-0.1, -0.05) is 31.7 Å². The normalized spacial score (nSPS) is 21.1. The lowest BCUT2D eigenvalue weighted by molar-refractivity contribution is 0.0335. The number of likely N-dealkylation sites (tertiary alicyclic amines) is 1. The number of pyridine rings is 1. The van der Waals surface area contributed by atoms with Crippen molar-refractivity contribution in [1.29, 1.82) is 0 Å². The van der Waals surface area contributed by atoms with Crippen LogP contribution in [0.3, 0.4) is 0 Å². The van der Waals surface area contributed by atoms with E-state index in [1.807, 2.05) is 25.2 Å². The minimum absolute atomic E-state index is 0.0466. The second-order valence-corrected chi connectivity index (χ2v) is 8.33. The number of likely N-dealkylation sites (N-methyl/N-ethyl adjacent to an activating group) is 1. The maximum absolute atomic E-state index is 13.0. The van der Waals surface area contributed by atoms with Crippen molar-refractivity contribution in [3.8, 4) is 0 Å². The first-order chi connectivity index (χ1) is 13.7. The van der Waals surface area contributed by atoms with E-state index < -0.39 is 0 Å². The number of carbonyl (C=O) groups excluding carboxylic acids is 1. The molecule has 2 amide bonds. The molecule has 0 spiro atoms. The zero-order valence-electron chi connectivity index (χ0n) is 17.5. The Hall–Kier alpha value is -1.66. The first-order valence-electron chi connectivity index (χ1n) is 10.8. The number of piperidine rings is 1. The lowest BCUT2D eigenvalue weighted by atomic mass is 9.79. The van der Waals surface area contributed by atoms with E-state index in [-0.39, 0.29) is 17.6 Å². The van der Waals surface area contributed by atoms with Gasteiger partial charge in [-0.05, 0) is 50.9 Å². The Balaban J connectivity index is 1.65. The molecular formula is C22H36N4O2. The molecule has 0 bridgehead atoms. The topological polar surface area (TPSA) is 57.7 Å². The quantitative estimate of drug-likeness (QED) is 0.775. The molecule has 28 heavy (non-hydrogen) atoms. The van der Waals surface area contributed by atoms with Crippen molar-refractivity contribution in [1.82, 2.24) is 20.1 Å². The van der Waals surface area contributed by atoms with Crippen LogP contribution >= 0.6 is 0 Å². The van der Waals surface area contributed by atoms with Crippen LogP contribution in [-0.4, -0.2) is 66.8 Å². The van der Waals surface area contributed by atoms with Crippen LogP contribution < -0.4 is 5.32 Å². The highest BCUT2D eigenvalue weighted by atomic mass is 16.5. The summed E-state index contributed by atoms with van der Waals surface area (Å²) in [6, 6.07) is 5.55. The highest BCUT2D eigenvalue weighted by Crippen LogP contribution is 2.35. The average molecular weight is 389 g/mol. The van der Waals surface area contributed by atoms with Crippen LogP contribution in [0.25, 0.3) is 0 Å². The van der Waals surface area contributed by atoms with Gasteiger partial charge in [0.25, 0.3) is 0 Å². The van der Waals surface area contributed by atoms with E-state index in [2.05, 4.69) is 15.2 Å². The largest absolute Gasteiger partial charge is 0.382 e. The average Bonchev–Trinajstić information content (AvgIpc) is 2.77. The van der Waals surface area contributed by atoms with Gasteiger partial charge in [0.15, 0.2) is 0 Å². The van der Waals surface area contributed by atoms with E-state index in [0.29, 0.717) is 6.61 Å². The molecule has 2 aliphatic rings. The third-order valence-corrected chi connectivity index (χ3v) is 6.52. The lowest BCUT2D eigenvalue weighted by Gasteiger charge is -2.48. The maximum atomic E-state index is 13.0. The van der Waals surface area contributed by atoms with Crippen LogP contribution in [0, 0.1) is 0 Å². The summed E-state index contributed by atoms with van der Waals surface area (Å²) in [4.78, 5) is 21.8. The monoisotopic (exact) mass is 388 g/mol. The van der Waals surface area contributed by atoms with E-state index in [4.69, 9.17) is 4.74 Å².